The summed E-state index contributed by atoms with van der Waals surface area (Å²) >= 11 is 42.1. The quantitative estimate of drug-likeness (QED) is 0.466. The molecular formula is C13H7Cl7. The normalized spacial score (nSPS) is 13.8. The van der Waals surface area contributed by atoms with E-state index >= 15 is 0 Å². The first-order valence-corrected chi connectivity index (χ1v) is 8.03. The van der Waals surface area contributed by atoms with Crippen LogP contribution in [0.15, 0.2) is 42.5 Å². The predicted molar refractivity (Wildman–Crippen MR) is 92.1 cm³/mol. The molecule has 0 bridgehead atoms. The molecule has 0 fully saturated rings. The molecule has 0 N–H and O–H groups in total. The second-order valence-corrected chi connectivity index (χ2v) is 9.14. The first-order valence-electron chi connectivity index (χ1n) is 5.39. The largest absolute Gasteiger partial charge is 0.226 e. The van der Waals surface area contributed by atoms with E-state index < -0.39 is 12.5 Å². The highest BCUT2D eigenvalue weighted by molar-refractivity contribution is 6.78. The van der Waals surface area contributed by atoms with Crippen LogP contribution in [0.2, 0.25) is 0 Å². The maximum Gasteiger partial charge on any atom is 0.226 e. The lowest BCUT2D eigenvalue weighted by molar-refractivity contribution is 0.699. The van der Waals surface area contributed by atoms with Crippen LogP contribution >= 0.6 is 81.2 Å². The van der Waals surface area contributed by atoms with E-state index in [4.69, 9.17) is 81.2 Å². The minimum atomic E-state index is -2.06. The van der Waals surface area contributed by atoms with Crippen molar-refractivity contribution in [2.45, 2.75) is 12.5 Å². The Kier molecular flexibility index (Phi) is 4.90. The SMILES string of the molecule is ClC(Cl)(Cl)C(Cl)(Cl)C(Cl)(Cl)c1ccc2ccccc2c1. The fraction of sp³-hybridized carbons (Fsp3) is 0.231. The van der Waals surface area contributed by atoms with Crippen LogP contribution < -0.4 is 0 Å². The first-order chi connectivity index (χ1) is 9.07. The van der Waals surface area contributed by atoms with Gasteiger partial charge in [0.2, 0.25) is 8.13 Å². The van der Waals surface area contributed by atoms with Gasteiger partial charge in [0.15, 0.2) is 4.33 Å². The molecule has 2 aromatic rings. The first kappa shape index (κ1) is 17.1. The van der Waals surface area contributed by atoms with Crippen molar-refractivity contribution in [3.8, 4) is 0 Å². The molecule has 0 unspecified atom stereocenters. The zero-order valence-electron chi connectivity index (χ0n) is 9.69. The fourth-order valence-corrected chi connectivity index (χ4v) is 3.20. The van der Waals surface area contributed by atoms with Crippen molar-refractivity contribution in [2.75, 3.05) is 0 Å². The van der Waals surface area contributed by atoms with E-state index in [-0.39, 0.29) is 0 Å². The van der Waals surface area contributed by atoms with Crippen LogP contribution in [0.25, 0.3) is 10.8 Å². The Labute approximate surface area is 151 Å². The number of hydrogen-bond acceptors (Lipinski definition) is 0. The van der Waals surface area contributed by atoms with Crippen LogP contribution in [0.5, 0.6) is 0 Å². The summed E-state index contributed by atoms with van der Waals surface area (Å²) in [6.45, 7) is 0. The smallest absolute Gasteiger partial charge is 0.0930 e. The van der Waals surface area contributed by atoms with E-state index in [0.29, 0.717) is 5.56 Å². The van der Waals surface area contributed by atoms with Gasteiger partial charge in [-0.2, -0.15) is 0 Å². The Hall–Kier alpha value is 0.730. The minimum Gasteiger partial charge on any atom is -0.0930 e. The number of halogens is 7. The van der Waals surface area contributed by atoms with Crippen molar-refractivity contribution in [1.29, 1.82) is 0 Å². The van der Waals surface area contributed by atoms with Crippen LogP contribution in [0, 0.1) is 0 Å². The van der Waals surface area contributed by atoms with Crippen molar-refractivity contribution in [3.05, 3.63) is 48.0 Å². The van der Waals surface area contributed by atoms with Gasteiger partial charge >= 0.3 is 0 Å². The van der Waals surface area contributed by atoms with Gasteiger partial charge in [0.05, 0.1) is 0 Å². The van der Waals surface area contributed by atoms with Crippen LogP contribution in [0.1, 0.15) is 5.56 Å². The molecule has 2 aromatic carbocycles. The second-order valence-electron chi connectivity index (χ2n) is 4.21. The van der Waals surface area contributed by atoms with Gasteiger partial charge in [-0.25, -0.2) is 0 Å². The third-order valence-electron chi connectivity index (χ3n) is 2.86. The standard InChI is InChI=1S/C13H7Cl7/c14-11(15,12(16,17)13(18,19)20)10-6-5-8-3-1-2-4-9(8)7-10/h1-7H. The van der Waals surface area contributed by atoms with E-state index in [9.17, 15) is 0 Å². The fourth-order valence-electron chi connectivity index (χ4n) is 1.74. The van der Waals surface area contributed by atoms with Crippen molar-refractivity contribution in [1.82, 2.24) is 0 Å². The summed E-state index contributed by atoms with van der Waals surface area (Å²) in [7, 11) is 0. The van der Waals surface area contributed by atoms with Gasteiger partial charge in [-0.1, -0.05) is 118 Å². The van der Waals surface area contributed by atoms with Gasteiger partial charge in [0, 0.05) is 0 Å². The summed E-state index contributed by atoms with van der Waals surface area (Å²) in [5.41, 5.74) is 0.441. The molecule has 20 heavy (non-hydrogen) atoms. The van der Waals surface area contributed by atoms with Crippen molar-refractivity contribution >= 4 is 92.0 Å². The van der Waals surface area contributed by atoms with Gasteiger partial charge < -0.3 is 0 Å². The van der Waals surface area contributed by atoms with Crippen molar-refractivity contribution in [2.24, 2.45) is 0 Å². The monoisotopic (exact) mass is 408 g/mol. The lowest BCUT2D eigenvalue weighted by Gasteiger charge is -2.37. The molecule has 0 aliphatic heterocycles. The molecule has 0 amide bonds. The lowest BCUT2D eigenvalue weighted by atomic mass is 10.0. The van der Waals surface area contributed by atoms with E-state index in [0.717, 1.165) is 10.8 Å². The molecule has 0 heterocycles. The van der Waals surface area contributed by atoms with Gasteiger partial charge in [-0.3, -0.25) is 0 Å². The number of rotatable bonds is 2. The Bertz CT molecular complexity index is 628. The van der Waals surface area contributed by atoms with Crippen LogP contribution in [0.3, 0.4) is 0 Å². The average molecular weight is 411 g/mol. The van der Waals surface area contributed by atoms with Gasteiger partial charge in [0.1, 0.15) is 0 Å². The van der Waals surface area contributed by atoms with Gasteiger partial charge in [0.25, 0.3) is 0 Å². The molecular weight excluding hydrogens is 404 g/mol. The third kappa shape index (κ3) is 2.94. The maximum absolute atomic E-state index is 6.29. The highest BCUT2D eigenvalue weighted by Gasteiger charge is 2.60. The number of alkyl halides is 7. The van der Waals surface area contributed by atoms with E-state index in [2.05, 4.69) is 0 Å². The lowest BCUT2D eigenvalue weighted by Crippen LogP contribution is -2.45. The topological polar surface area (TPSA) is 0 Å². The average Bonchev–Trinajstić information content (AvgIpc) is 2.36. The Morgan fingerprint density at radius 1 is 0.650 bits per heavy atom. The summed E-state index contributed by atoms with van der Waals surface area (Å²) in [6, 6.07) is 13.0. The summed E-state index contributed by atoms with van der Waals surface area (Å²) in [5.74, 6) is 0. The Morgan fingerprint density at radius 3 is 1.75 bits per heavy atom. The zero-order chi connectivity index (χ0) is 15.2. The zero-order valence-corrected chi connectivity index (χ0v) is 15.0. The summed E-state index contributed by atoms with van der Waals surface area (Å²) in [6.07, 6.45) is 0. The molecule has 2 rings (SSSR count). The maximum atomic E-state index is 6.29. The molecule has 0 atom stereocenters. The van der Waals surface area contributed by atoms with Gasteiger partial charge in [-0.05, 0) is 22.4 Å². The Balaban J connectivity index is 2.57. The molecule has 108 valence electrons. The highest BCUT2D eigenvalue weighted by atomic mass is 35.6. The second kappa shape index (κ2) is 5.74. The Morgan fingerprint density at radius 2 is 1.20 bits per heavy atom. The van der Waals surface area contributed by atoms with Crippen LogP contribution in [0.4, 0.5) is 0 Å². The molecule has 0 aliphatic carbocycles. The molecule has 0 saturated heterocycles. The number of fused-ring (bicyclic) bond motifs is 1. The minimum absolute atomic E-state index is 0.441. The predicted octanol–water partition coefficient (Wildman–Crippen LogP) is 7.01. The van der Waals surface area contributed by atoms with Crippen LogP contribution in [-0.4, -0.2) is 8.13 Å². The van der Waals surface area contributed by atoms with Crippen molar-refractivity contribution < 1.29 is 0 Å². The molecule has 0 aliphatic rings. The summed E-state index contributed by atoms with van der Waals surface area (Å²) in [5, 5.41) is 1.94. The molecule has 7 heteroatoms. The van der Waals surface area contributed by atoms with Gasteiger partial charge in [-0.15, -0.1) is 0 Å². The molecule has 0 aromatic heterocycles. The van der Waals surface area contributed by atoms with E-state index in [1.807, 2.05) is 30.3 Å². The van der Waals surface area contributed by atoms with Crippen molar-refractivity contribution in [3.63, 3.8) is 0 Å². The number of benzene rings is 2. The highest BCUT2D eigenvalue weighted by Crippen LogP contribution is 2.60. The van der Waals surface area contributed by atoms with E-state index in [1.165, 1.54) is 0 Å². The summed E-state index contributed by atoms with van der Waals surface area (Å²) < 4.78 is -5.90. The van der Waals surface area contributed by atoms with E-state index in [1.54, 1.807) is 12.1 Å². The molecule has 0 spiro atoms. The third-order valence-corrected chi connectivity index (χ3v) is 6.82. The molecule has 0 nitrogen and oxygen atoms in total. The summed E-state index contributed by atoms with van der Waals surface area (Å²) in [4.78, 5) is 0. The molecule has 0 radical (unpaired) electrons. The van der Waals surface area contributed by atoms with Crippen LogP contribution in [-0.2, 0) is 4.33 Å². The molecule has 0 saturated carbocycles. The number of hydrogen-bond donors (Lipinski definition) is 0.